The first-order valence-corrected chi connectivity index (χ1v) is 17.0. The number of amides is 2. The van der Waals surface area contributed by atoms with Crippen LogP contribution in [0.4, 0.5) is 24.8 Å². The molecular weight excluding hydrogens is 653 g/mol. The van der Waals surface area contributed by atoms with Crippen molar-refractivity contribution in [3.8, 4) is 0 Å². The van der Waals surface area contributed by atoms with Gasteiger partial charge in [0.2, 0.25) is 5.91 Å². The fourth-order valence-corrected chi connectivity index (χ4v) is 6.93. The molecule has 2 aromatic heterocycles. The summed E-state index contributed by atoms with van der Waals surface area (Å²) < 4.78 is 45.2. The van der Waals surface area contributed by atoms with Crippen molar-refractivity contribution in [1.29, 1.82) is 0 Å². The van der Waals surface area contributed by atoms with Crippen LogP contribution in [-0.2, 0) is 47.7 Å². The number of hydrogen-bond donors (Lipinski definition) is 4. The summed E-state index contributed by atoms with van der Waals surface area (Å²) in [4.78, 5) is 39.7. The van der Waals surface area contributed by atoms with E-state index >= 15 is 0 Å². The zero-order valence-corrected chi connectivity index (χ0v) is 28.7. The fraction of sp³-hybridized carbons (Fsp3) is 0.543. The number of nitrogens with one attached hydrogen (secondary N) is 3. The number of carbonyl (C=O) groups is 3. The van der Waals surface area contributed by atoms with Gasteiger partial charge in [-0.15, -0.1) is 10.2 Å². The minimum Gasteiger partial charge on any atom is -0.483 e. The lowest BCUT2D eigenvalue weighted by atomic mass is 9.62. The van der Waals surface area contributed by atoms with Crippen molar-refractivity contribution in [3.63, 3.8) is 0 Å². The van der Waals surface area contributed by atoms with Crippen LogP contribution in [0.25, 0.3) is 0 Å². The third kappa shape index (κ3) is 8.25. The molecule has 3 aromatic rings. The second kappa shape index (κ2) is 15.2. The standard InChI is InChI=1S/C34H43F3N8O2.CH2O2/c1-22(46)38-12-4-5-13-39-28-16-24(33(10-7-11-33)18-30-43-41-21-44(30)3)17-29(42-28)45-20-26-25(31(45)47)14-23(15-27(26)34(35,36)37)19-40-32(2)8-6-9-32;2-1-3/h14-17,21,40H,4-13,18-20H2,1-3H3,(H,38,46)(H,39,42);1H,(H,2,3). The lowest BCUT2D eigenvalue weighted by Crippen LogP contribution is -2.47. The van der Waals surface area contributed by atoms with Crippen molar-refractivity contribution >= 4 is 29.9 Å². The maximum absolute atomic E-state index is 14.4. The highest BCUT2D eigenvalue weighted by Crippen LogP contribution is 2.48. The van der Waals surface area contributed by atoms with Crippen molar-refractivity contribution in [3.05, 3.63) is 64.2 Å². The summed E-state index contributed by atoms with van der Waals surface area (Å²) in [5, 5.41) is 24.8. The number of pyridine rings is 1. The molecule has 0 saturated heterocycles. The monoisotopic (exact) mass is 698 g/mol. The normalized spacial score (nSPS) is 17.2. The second-order valence-electron chi connectivity index (χ2n) is 13.8. The molecule has 270 valence electrons. The Morgan fingerprint density at radius 2 is 1.78 bits per heavy atom. The Morgan fingerprint density at radius 3 is 2.36 bits per heavy atom. The van der Waals surface area contributed by atoms with E-state index in [1.807, 2.05) is 23.7 Å². The average Bonchev–Trinajstić information content (AvgIpc) is 3.59. The van der Waals surface area contributed by atoms with Gasteiger partial charge >= 0.3 is 6.18 Å². The molecule has 0 bridgehead atoms. The van der Waals surface area contributed by atoms with Gasteiger partial charge in [0.15, 0.2) is 0 Å². The van der Waals surface area contributed by atoms with Crippen LogP contribution >= 0.6 is 0 Å². The summed E-state index contributed by atoms with van der Waals surface area (Å²) in [6, 6.07) is 6.66. The molecule has 4 N–H and O–H groups in total. The van der Waals surface area contributed by atoms with Crippen molar-refractivity contribution in [2.45, 2.75) is 102 Å². The smallest absolute Gasteiger partial charge is 0.416 e. The Kier molecular flexibility index (Phi) is 11.1. The number of nitrogens with zero attached hydrogens (tertiary/aromatic N) is 5. The van der Waals surface area contributed by atoms with Crippen LogP contribution in [0.2, 0.25) is 0 Å². The molecule has 2 aliphatic carbocycles. The number of rotatable bonds is 13. The zero-order chi connectivity index (χ0) is 36.1. The van der Waals surface area contributed by atoms with Gasteiger partial charge in [0.1, 0.15) is 23.8 Å². The molecule has 0 atom stereocenters. The van der Waals surface area contributed by atoms with E-state index in [2.05, 4.69) is 33.1 Å². The number of fused-ring (bicyclic) bond motifs is 1. The van der Waals surface area contributed by atoms with Crippen LogP contribution in [0.5, 0.6) is 0 Å². The molecule has 1 aromatic carbocycles. The van der Waals surface area contributed by atoms with E-state index in [1.165, 1.54) is 17.9 Å². The van der Waals surface area contributed by atoms with E-state index in [4.69, 9.17) is 14.9 Å². The number of halogens is 3. The van der Waals surface area contributed by atoms with Gasteiger partial charge in [-0.3, -0.25) is 19.3 Å². The molecule has 3 aliphatic rings. The minimum atomic E-state index is -4.61. The summed E-state index contributed by atoms with van der Waals surface area (Å²) in [7, 11) is 1.91. The second-order valence-corrected chi connectivity index (χ2v) is 13.8. The maximum Gasteiger partial charge on any atom is 0.416 e. The first kappa shape index (κ1) is 36.7. The number of benzene rings is 1. The SMILES string of the molecule is CC(=O)NCCCCNc1cc(C2(Cc3nncn3C)CCC2)cc(N2Cc3c(cc(CNC4(C)CCC4)cc3C(F)(F)F)C2=O)n1.O=CO. The average molecular weight is 699 g/mol. The molecule has 1 aliphatic heterocycles. The van der Waals surface area contributed by atoms with Gasteiger partial charge in [-0.25, -0.2) is 4.98 Å². The van der Waals surface area contributed by atoms with E-state index in [0.29, 0.717) is 36.7 Å². The number of anilines is 2. The molecule has 3 heterocycles. The molecule has 0 radical (unpaired) electrons. The molecule has 2 saturated carbocycles. The summed E-state index contributed by atoms with van der Waals surface area (Å²) in [6.07, 6.45) is 5.12. The first-order valence-electron chi connectivity index (χ1n) is 17.0. The number of unbranched alkanes of at least 4 members (excludes halogenated alkanes) is 1. The summed E-state index contributed by atoms with van der Waals surface area (Å²) >= 11 is 0. The van der Waals surface area contributed by atoms with Crippen LogP contribution in [0.1, 0.15) is 104 Å². The molecule has 6 rings (SSSR count). The van der Waals surface area contributed by atoms with E-state index in [1.54, 1.807) is 12.4 Å². The van der Waals surface area contributed by atoms with Crippen molar-refractivity contribution < 1.29 is 32.7 Å². The van der Waals surface area contributed by atoms with Crippen LogP contribution < -0.4 is 20.9 Å². The van der Waals surface area contributed by atoms with Gasteiger partial charge in [-0.05, 0) is 92.8 Å². The van der Waals surface area contributed by atoms with Crippen LogP contribution in [0.15, 0.2) is 30.6 Å². The summed E-state index contributed by atoms with van der Waals surface area (Å²) in [5.74, 6) is 1.16. The van der Waals surface area contributed by atoms with Crippen molar-refractivity contribution in [2.24, 2.45) is 7.05 Å². The molecule has 15 heteroatoms. The Bertz CT molecular complexity index is 1700. The van der Waals surface area contributed by atoms with E-state index in [9.17, 15) is 22.8 Å². The number of carbonyl (C=O) groups excluding carboxylic acids is 2. The number of alkyl halides is 3. The maximum atomic E-state index is 14.4. The van der Waals surface area contributed by atoms with E-state index in [0.717, 1.165) is 62.8 Å². The highest BCUT2D eigenvalue weighted by molar-refractivity contribution is 6.10. The molecule has 0 unspecified atom stereocenters. The lowest BCUT2D eigenvalue weighted by Gasteiger charge is -2.42. The highest BCUT2D eigenvalue weighted by Gasteiger charge is 2.43. The molecule has 50 heavy (non-hydrogen) atoms. The van der Waals surface area contributed by atoms with E-state index < -0.39 is 17.6 Å². The van der Waals surface area contributed by atoms with Crippen molar-refractivity contribution in [1.82, 2.24) is 30.4 Å². The summed E-state index contributed by atoms with van der Waals surface area (Å²) in [5.41, 5.74) is 0.353. The predicted molar refractivity (Wildman–Crippen MR) is 181 cm³/mol. The minimum absolute atomic E-state index is 0.0155. The Labute approximate surface area is 289 Å². The lowest BCUT2D eigenvalue weighted by molar-refractivity contribution is -0.138. The van der Waals surface area contributed by atoms with Crippen LogP contribution in [0, 0.1) is 0 Å². The van der Waals surface area contributed by atoms with Gasteiger partial charge in [-0.1, -0.05) is 6.42 Å². The van der Waals surface area contributed by atoms with Gasteiger partial charge < -0.3 is 25.6 Å². The third-order valence-corrected chi connectivity index (χ3v) is 10.2. The molecule has 2 amide bonds. The molecule has 12 nitrogen and oxygen atoms in total. The van der Waals surface area contributed by atoms with E-state index in [-0.39, 0.29) is 47.5 Å². The third-order valence-electron chi connectivity index (χ3n) is 10.2. The van der Waals surface area contributed by atoms with Gasteiger partial charge in [0.05, 0.1) is 12.1 Å². The van der Waals surface area contributed by atoms with Crippen molar-refractivity contribution in [2.75, 3.05) is 23.3 Å². The fourth-order valence-electron chi connectivity index (χ4n) is 6.93. The Balaban J connectivity index is 0.00000156. The number of hydrogen-bond acceptors (Lipinski definition) is 8. The predicted octanol–water partition coefficient (Wildman–Crippen LogP) is 5.11. The largest absolute Gasteiger partial charge is 0.483 e. The number of aryl methyl sites for hydroxylation is 1. The summed E-state index contributed by atoms with van der Waals surface area (Å²) in [6.45, 7) is 4.50. The molecular formula is C35H45F3N8O4. The highest BCUT2D eigenvalue weighted by atomic mass is 19.4. The number of carboxylic acid groups (broad SMARTS) is 1. The topological polar surface area (TPSA) is 154 Å². The molecule has 2 fully saturated rings. The zero-order valence-electron chi connectivity index (χ0n) is 28.7. The van der Waals surface area contributed by atoms with Gasteiger partial charge in [-0.2, -0.15) is 13.2 Å². The van der Waals surface area contributed by atoms with Crippen LogP contribution in [-0.4, -0.2) is 61.8 Å². The Hall–Kier alpha value is -4.53. The quantitative estimate of drug-likeness (QED) is 0.141. The first-order chi connectivity index (χ1) is 23.8. The van der Waals surface area contributed by atoms with Gasteiger partial charge in [0.25, 0.3) is 12.4 Å². The van der Waals surface area contributed by atoms with Crippen LogP contribution in [0.3, 0.4) is 0 Å². The Morgan fingerprint density at radius 1 is 1.08 bits per heavy atom. The number of aromatic nitrogens is 4. The molecule has 0 spiro atoms. The van der Waals surface area contributed by atoms with Gasteiger partial charge in [0, 0.05) is 56.5 Å².